The molecule has 0 saturated heterocycles. The van der Waals surface area contributed by atoms with Crippen LogP contribution in [0.25, 0.3) is 0 Å². The SMILES string of the molecule is C/C(=N\N=C(/[S-])N(C)C)c1cc(OCCN(C)C)ccn1.C/C(=N\N=C(/[S-])N(C)C)c1cc(OCCN(C)C)ccn1.[Zn+2]. The largest absolute Gasteiger partial charge is 2.00 e. The van der Waals surface area contributed by atoms with Gasteiger partial charge >= 0.3 is 19.5 Å². The van der Waals surface area contributed by atoms with Gasteiger partial charge in [0.05, 0.1) is 22.8 Å². The summed E-state index contributed by atoms with van der Waals surface area (Å²) in [5.74, 6) is 1.54. The Bertz CT molecular complexity index is 1130. The predicted octanol–water partition coefficient (Wildman–Crippen LogP) is 2.42. The van der Waals surface area contributed by atoms with Crippen molar-refractivity contribution in [3.63, 3.8) is 0 Å². The Hall–Kier alpha value is -2.84. The smallest absolute Gasteiger partial charge is 0.741 e. The van der Waals surface area contributed by atoms with Crippen LogP contribution in [0, 0.1) is 0 Å². The Morgan fingerprint density at radius 1 is 0.651 bits per heavy atom. The van der Waals surface area contributed by atoms with Gasteiger partial charge in [-0.25, -0.2) is 0 Å². The number of rotatable bonds is 12. The van der Waals surface area contributed by atoms with Crippen molar-refractivity contribution >= 4 is 47.0 Å². The maximum Gasteiger partial charge on any atom is 2.00 e. The Morgan fingerprint density at radius 3 is 1.30 bits per heavy atom. The van der Waals surface area contributed by atoms with E-state index in [-0.39, 0.29) is 19.5 Å². The van der Waals surface area contributed by atoms with Crippen molar-refractivity contribution < 1.29 is 29.0 Å². The van der Waals surface area contributed by atoms with Crippen LogP contribution >= 0.6 is 0 Å². The third-order valence-corrected chi connectivity index (χ3v) is 6.05. The number of hydrogen-bond donors (Lipinski definition) is 0. The van der Waals surface area contributed by atoms with Crippen molar-refractivity contribution in [3.8, 4) is 11.5 Å². The third kappa shape index (κ3) is 17.8. The summed E-state index contributed by atoms with van der Waals surface area (Å²) in [5, 5.41) is 17.0. The number of hydrogen-bond acceptors (Lipinski definition) is 12. The second kappa shape index (κ2) is 21.8. The number of ether oxygens (including phenoxy) is 2. The molecule has 0 aliphatic heterocycles. The zero-order chi connectivity index (χ0) is 31.7. The first-order valence-corrected chi connectivity index (χ1v) is 14.0. The van der Waals surface area contributed by atoms with E-state index in [9.17, 15) is 0 Å². The monoisotopic (exact) mass is 680 g/mol. The van der Waals surface area contributed by atoms with Gasteiger partial charge in [0.15, 0.2) is 0 Å². The molecule has 0 spiro atoms. The van der Waals surface area contributed by atoms with Crippen LogP contribution < -0.4 is 9.47 Å². The molecule has 0 atom stereocenters. The fraction of sp³-hybridized carbons (Fsp3) is 0.500. The molecule has 0 aliphatic rings. The molecule has 43 heavy (non-hydrogen) atoms. The Morgan fingerprint density at radius 2 is 1.00 bits per heavy atom. The van der Waals surface area contributed by atoms with E-state index >= 15 is 0 Å². The van der Waals surface area contributed by atoms with Crippen molar-refractivity contribution in [3.05, 3.63) is 48.0 Å². The third-order valence-electron chi connectivity index (χ3n) is 5.15. The normalized spacial score (nSPS) is 12.4. The molecule has 0 N–H and O–H groups in total. The Balaban J connectivity index is 0.000000802. The molecule has 0 aromatic carbocycles. The Labute approximate surface area is 280 Å². The first-order valence-electron chi connectivity index (χ1n) is 13.2. The van der Waals surface area contributed by atoms with Crippen LogP contribution in [0.4, 0.5) is 0 Å². The second-order valence-corrected chi connectivity index (χ2v) is 10.7. The van der Waals surface area contributed by atoms with Gasteiger partial charge in [-0.3, -0.25) is 9.97 Å². The average Bonchev–Trinajstić information content (AvgIpc) is 2.94. The summed E-state index contributed by atoms with van der Waals surface area (Å²) in [5.41, 5.74) is 2.83. The molecule has 2 aromatic rings. The number of likely N-dealkylation sites (N-methyl/N-ethyl adjacent to an activating group) is 2. The summed E-state index contributed by atoms with van der Waals surface area (Å²) in [6, 6.07) is 7.35. The van der Waals surface area contributed by atoms with Crippen molar-refractivity contribution in [1.82, 2.24) is 29.6 Å². The number of aromatic nitrogens is 2. The molecule has 0 bridgehead atoms. The van der Waals surface area contributed by atoms with Crippen molar-refractivity contribution in [2.24, 2.45) is 20.4 Å². The van der Waals surface area contributed by atoms with Gasteiger partial charge in [-0.15, -0.1) is 0 Å². The molecule has 0 amide bonds. The fourth-order valence-corrected chi connectivity index (χ4v) is 2.69. The molecule has 2 heterocycles. The van der Waals surface area contributed by atoms with E-state index in [1.54, 1.807) is 22.2 Å². The second-order valence-electron chi connectivity index (χ2n) is 9.98. The molecule has 2 rings (SSSR count). The summed E-state index contributed by atoms with van der Waals surface area (Å²) >= 11 is 10.1. The van der Waals surface area contributed by atoms with Gasteiger partial charge in [0.25, 0.3) is 0 Å². The van der Waals surface area contributed by atoms with Gasteiger partial charge in [0.2, 0.25) is 0 Å². The maximum atomic E-state index is 5.67. The fourth-order valence-electron chi connectivity index (χ4n) is 2.61. The molecule has 0 saturated carbocycles. The molecule has 0 fully saturated rings. The average molecular weight is 682 g/mol. The minimum Gasteiger partial charge on any atom is -0.741 e. The van der Waals surface area contributed by atoms with Gasteiger partial charge in [-0.1, -0.05) is 0 Å². The van der Waals surface area contributed by atoms with Gasteiger partial charge in [0.1, 0.15) is 24.7 Å². The number of amidine groups is 2. The van der Waals surface area contributed by atoms with Gasteiger partial charge < -0.3 is 54.3 Å². The van der Waals surface area contributed by atoms with Gasteiger partial charge in [0, 0.05) is 76.1 Å². The topological polar surface area (TPSA) is 107 Å². The van der Waals surface area contributed by atoms with Crippen molar-refractivity contribution in [1.29, 1.82) is 0 Å². The van der Waals surface area contributed by atoms with E-state index in [0.717, 1.165) is 36.0 Å². The van der Waals surface area contributed by atoms with E-state index < -0.39 is 0 Å². The van der Waals surface area contributed by atoms with Gasteiger partial charge in [-0.2, -0.15) is 20.4 Å². The summed E-state index contributed by atoms with van der Waals surface area (Å²) in [7, 11) is 15.3. The van der Waals surface area contributed by atoms with Crippen LogP contribution in [0.15, 0.2) is 57.1 Å². The zero-order valence-corrected chi connectivity index (χ0v) is 31.7. The minimum absolute atomic E-state index is 0. The van der Waals surface area contributed by atoms with E-state index in [2.05, 4.69) is 40.2 Å². The summed E-state index contributed by atoms with van der Waals surface area (Å²) < 4.78 is 11.3. The molecule has 12 nitrogen and oxygen atoms in total. The molecule has 2 aromatic heterocycles. The van der Waals surface area contributed by atoms with Crippen molar-refractivity contribution in [2.45, 2.75) is 13.8 Å². The molecule has 0 radical (unpaired) electrons. The number of nitrogens with zero attached hydrogens (tertiary/aromatic N) is 10. The minimum atomic E-state index is 0. The first-order chi connectivity index (χ1) is 19.8. The van der Waals surface area contributed by atoms with E-state index in [0.29, 0.717) is 35.0 Å². The summed E-state index contributed by atoms with van der Waals surface area (Å²) in [6.07, 6.45) is 3.40. The molecular weight excluding hydrogens is 638 g/mol. The van der Waals surface area contributed by atoms with Crippen LogP contribution in [0.2, 0.25) is 0 Å². The van der Waals surface area contributed by atoms with Crippen LogP contribution in [0.1, 0.15) is 25.2 Å². The van der Waals surface area contributed by atoms with E-state index in [1.807, 2.05) is 94.5 Å². The molecule has 232 valence electrons. The van der Waals surface area contributed by atoms with E-state index in [4.69, 9.17) is 34.7 Å². The zero-order valence-electron chi connectivity index (χ0n) is 27.1. The first kappa shape index (κ1) is 40.2. The molecular formula is C28H44N10O2S2Zn. The summed E-state index contributed by atoms with van der Waals surface area (Å²) in [6.45, 7) is 6.65. The van der Waals surface area contributed by atoms with Crippen LogP contribution in [0.5, 0.6) is 11.5 Å². The van der Waals surface area contributed by atoms with Crippen LogP contribution in [-0.4, -0.2) is 134 Å². The van der Waals surface area contributed by atoms with Gasteiger partial charge in [-0.05, 0) is 54.2 Å². The maximum absolute atomic E-state index is 5.67. The predicted molar refractivity (Wildman–Crippen MR) is 178 cm³/mol. The van der Waals surface area contributed by atoms with E-state index in [1.165, 1.54) is 0 Å². The summed E-state index contributed by atoms with van der Waals surface area (Å²) in [4.78, 5) is 16.1. The quantitative estimate of drug-likeness (QED) is 0.109. The molecule has 0 aliphatic carbocycles. The molecule has 0 unspecified atom stereocenters. The number of pyridine rings is 2. The Kier molecular flexibility index (Phi) is 20.4. The van der Waals surface area contributed by atoms with Crippen molar-refractivity contribution in [2.75, 3.05) is 82.7 Å². The molecule has 15 heteroatoms. The standard InChI is InChI=1S/2C14H23N5OS.Zn/c2*1-11(16-17-14(21)19(4)5)13-10-12(6-7-15-13)20-9-8-18(2)3;/h2*6-7,10H,8-9H2,1-5H3,(H,17,21);/q;;+2/p-2/b2*16-11+;. The van der Waals surface area contributed by atoms with Crippen LogP contribution in [-0.2, 0) is 44.7 Å². The van der Waals surface area contributed by atoms with Crippen LogP contribution in [0.3, 0.4) is 0 Å².